The first-order chi connectivity index (χ1) is 13.7. The van der Waals surface area contributed by atoms with E-state index in [1.807, 2.05) is 24.3 Å². The molecular formula is C20H15FN4OS2. The van der Waals surface area contributed by atoms with E-state index in [0.29, 0.717) is 17.9 Å². The number of aromatic nitrogens is 3. The largest absolute Gasteiger partial charge is 0.350 e. The van der Waals surface area contributed by atoms with E-state index in [0.717, 1.165) is 20.1 Å². The molecule has 4 rings (SSSR count). The maximum atomic E-state index is 13.1. The van der Waals surface area contributed by atoms with Gasteiger partial charge in [0.2, 0.25) is 5.91 Å². The Hall–Kier alpha value is -2.84. The fourth-order valence-electron chi connectivity index (χ4n) is 2.55. The van der Waals surface area contributed by atoms with Crippen LogP contribution in [0.1, 0.15) is 5.69 Å². The lowest BCUT2D eigenvalue weighted by Gasteiger charge is -2.06. The van der Waals surface area contributed by atoms with Gasteiger partial charge in [-0.1, -0.05) is 23.9 Å². The zero-order chi connectivity index (χ0) is 19.3. The SMILES string of the molecule is O=C(CSc1nc2ccccc2s1)NCc1cc(-c2ccc(F)cc2)ncn1. The van der Waals surface area contributed by atoms with Crippen molar-refractivity contribution in [1.82, 2.24) is 20.3 Å². The average Bonchev–Trinajstić information content (AvgIpc) is 3.14. The van der Waals surface area contributed by atoms with Crippen molar-refractivity contribution in [3.05, 3.63) is 72.4 Å². The summed E-state index contributed by atoms with van der Waals surface area (Å²) in [5.41, 5.74) is 3.11. The number of thiazole rings is 1. The number of nitrogens with zero attached hydrogens (tertiary/aromatic N) is 3. The van der Waals surface area contributed by atoms with Gasteiger partial charge in [0.15, 0.2) is 4.34 Å². The summed E-state index contributed by atoms with van der Waals surface area (Å²) in [6, 6.07) is 15.8. The third-order valence-electron chi connectivity index (χ3n) is 3.93. The van der Waals surface area contributed by atoms with Crippen molar-refractivity contribution in [1.29, 1.82) is 0 Å². The molecule has 2 aromatic heterocycles. The summed E-state index contributed by atoms with van der Waals surface area (Å²) in [7, 11) is 0. The van der Waals surface area contributed by atoms with Gasteiger partial charge >= 0.3 is 0 Å². The molecule has 0 saturated carbocycles. The highest BCUT2D eigenvalue weighted by atomic mass is 32.2. The second-order valence-corrected chi connectivity index (χ2v) is 8.17. The molecule has 0 aliphatic rings. The molecule has 5 nitrogen and oxygen atoms in total. The van der Waals surface area contributed by atoms with E-state index in [-0.39, 0.29) is 17.5 Å². The first kappa shape index (κ1) is 18.5. The summed E-state index contributed by atoms with van der Waals surface area (Å²) in [5, 5.41) is 2.86. The number of halogens is 1. The minimum Gasteiger partial charge on any atom is -0.350 e. The van der Waals surface area contributed by atoms with Crippen LogP contribution < -0.4 is 5.32 Å². The van der Waals surface area contributed by atoms with Gasteiger partial charge in [0, 0.05) is 5.56 Å². The van der Waals surface area contributed by atoms with Crippen molar-refractivity contribution in [2.45, 2.75) is 10.9 Å². The van der Waals surface area contributed by atoms with Crippen molar-refractivity contribution in [3.63, 3.8) is 0 Å². The summed E-state index contributed by atoms with van der Waals surface area (Å²) in [4.78, 5) is 25.1. The highest BCUT2D eigenvalue weighted by molar-refractivity contribution is 8.01. The van der Waals surface area contributed by atoms with Crippen LogP contribution in [0.3, 0.4) is 0 Å². The monoisotopic (exact) mass is 410 g/mol. The van der Waals surface area contributed by atoms with E-state index in [4.69, 9.17) is 0 Å². The van der Waals surface area contributed by atoms with Crippen LogP contribution in [-0.4, -0.2) is 26.6 Å². The molecule has 2 heterocycles. The molecule has 0 radical (unpaired) electrons. The fourth-order valence-corrected chi connectivity index (χ4v) is 4.45. The van der Waals surface area contributed by atoms with E-state index in [9.17, 15) is 9.18 Å². The second-order valence-electron chi connectivity index (χ2n) is 5.91. The lowest BCUT2D eigenvalue weighted by Crippen LogP contribution is -2.25. The summed E-state index contributed by atoms with van der Waals surface area (Å²) < 4.78 is 15.0. The number of rotatable bonds is 6. The highest BCUT2D eigenvalue weighted by Crippen LogP contribution is 2.29. The Kier molecular flexibility index (Phi) is 5.59. The Morgan fingerprint density at radius 1 is 1.11 bits per heavy atom. The molecule has 0 unspecified atom stereocenters. The Bertz CT molecular complexity index is 1080. The van der Waals surface area contributed by atoms with Crippen LogP contribution >= 0.6 is 23.1 Å². The normalized spacial score (nSPS) is 10.9. The number of amides is 1. The third kappa shape index (κ3) is 4.52. The van der Waals surface area contributed by atoms with Crippen LogP contribution in [0.4, 0.5) is 4.39 Å². The molecule has 1 N–H and O–H groups in total. The molecule has 4 aromatic rings. The molecule has 0 spiro atoms. The van der Waals surface area contributed by atoms with Gasteiger partial charge in [-0.3, -0.25) is 4.79 Å². The average molecular weight is 410 g/mol. The number of hydrogen-bond donors (Lipinski definition) is 1. The van der Waals surface area contributed by atoms with Crippen molar-refractivity contribution >= 4 is 39.2 Å². The van der Waals surface area contributed by atoms with Crippen LogP contribution in [0.25, 0.3) is 21.5 Å². The van der Waals surface area contributed by atoms with Gasteiger partial charge in [-0.25, -0.2) is 19.3 Å². The molecule has 140 valence electrons. The van der Waals surface area contributed by atoms with E-state index in [2.05, 4.69) is 20.3 Å². The van der Waals surface area contributed by atoms with Crippen LogP contribution in [0.2, 0.25) is 0 Å². The summed E-state index contributed by atoms with van der Waals surface area (Å²) >= 11 is 3.00. The molecule has 0 bridgehead atoms. The van der Waals surface area contributed by atoms with Gasteiger partial charge in [-0.05, 0) is 42.5 Å². The quantitative estimate of drug-likeness (QED) is 0.480. The molecule has 28 heavy (non-hydrogen) atoms. The standard InChI is InChI=1S/C20H15FN4OS2/c21-14-7-5-13(6-8-14)17-9-15(23-12-24-17)10-22-19(26)11-27-20-25-16-3-1-2-4-18(16)28-20/h1-9,12H,10-11H2,(H,22,26). The van der Waals surface area contributed by atoms with Crippen molar-refractivity contribution < 1.29 is 9.18 Å². The van der Waals surface area contributed by atoms with Gasteiger partial charge < -0.3 is 5.32 Å². The number of nitrogens with one attached hydrogen (secondary N) is 1. The topological polar surface area (TPSA) is 67.8 Å². The summed E-state index contributed by atoms with van der Waals surface area (Å²) in [5.74, 6) is -0.0995. The third-order valence-corrected chi connectivity index (χ3v) is 6.11. The van der Waals surface area contributed by atoms with E-state index >= 15 is 0 Å². The lowest BCUT2D eigenvalue weighted by molar-refractivity contribution is -0.118. The fraction of sp³-hybridized carbons (Fsp3) is 0.100. The number of fused-ring (bicyclic) bond motifs is 1. The van der Waals surface area contributed by atoms with Crippen molar-refractivity contribution in [3.8, 4) is 11.3 Å². The molecule has 0 atom stereocenters. The van der Waals surface area contributed by atoms with E-state index in [1.165, 1.54) is 30.2 Å². The molecule has 8 heteroatoms. The zero-order valence-electron chi connectivity index (χ0n) is 14.6. The number of benzene rings is 2. The Morgan fingerprint density at radius 3 is 2.75 bits per heavy atom. The Balaban J connectivity index is 1.33. The molecule has 0 saturated heterocycles. The van der Waals surface area contributed by atoms with Gasteiger partial charge in [-0.2, -0.15) is 0 Å². The van der Waals surface area contributed by atoms with Crippen LogP contribution in [0, 0.1) is 5.82 Å². The van der Waals surface area contributed by atoms with E-state index < -0.39 is 0 Å². The van der Waals surface area contributed by atoms with Crippen LogP contribution in [0.5, 0.6) is 0 Å². The predicted octanol–water partition coefficient (Wildman–Crippen LogP) is 4.30. The van der Waals surface area contributed by atoms with Gasteiger partial charge in [0.1, 0.15) is 12.1 Å². The maximum absolute atomic E-state index is 13.1. The van der Waals surface area contributed by atoms with Gasteiger partial charge in [0.05, 0.1) is 33.9 Å². The minimum absolute atomic E-state index is 0.0915. The van der Waals surface area contributed by atoms with Crippen molar-refractivity contribution in [2.24, 2.45) is 0 Å². The number of para-hydroxylation sites is 1. The predicted molar refractivity (Wildman–Crippen MR) is 110 cm³/mol. The van der Waals surface area contributed by atoms with Crippen LogP contribution in [-0.2, 0) is 11.3 Å². The summed E-state index contributed by atoms with van der Waals surface area (Å²) in [6.45, 7) is 0.302. The number of thioether (sulfide) groups is 1. The second kappa shape index (κ2) is 8.45. The number of hydrogen-bond acceptors (Lipinski definition) is 6. The molecule has 0 aliphatic heterocycles. The molecule has 1 amide bonds. The van der Waals surface area contributed by atoms with Crippen molar-refractivity contribution in [2.75, 3.05) is 5.75 Å². The van der Waals surface area contributed by atoms with Gasteiger partial charge in [0.25, 0.3) is 0 Å². The maximum Gasteiger partial charge on any atom is 0.230 e. The summed E-state index contributed by atoms with van der Waals surface area (Å²) in [6.07, 6.45) is 1.44. The highest BCUT2D eigenvalue weighted by Gasteiger charge is 2.08. The Labute approximate surface area is 169 Å². The van der Waals surface area contributed by atoms with Gasteiger partial charge in [-0.15, -0.1) is 11.3 Å². The Morgan fingerprint density at radius 2 is 1.93 bits per heavy atom. The lowest BCUT2D eigenvalue weighted by atomic mass is 10.1. The zero-order valence-corrected chi connectivity index (χ0v) is 16.3. The van der Waals surface area contributed by atoms with E-state index in [1.54, 1.807) is 29.5 Å². The molecular weight excluding hydrogens is 395 g/mol. The number of carbonyl (C=O) groups is 1. The minimum atomic E-state index is -0.295. The number of carbonyl (C=O) groups excluding carboxylic acids is 1. The smallest absolute Gasteiger partial charge is 0.230 e. The molecule has 2 aromatic carbocycles. The molecule has 0 aliphatic carbocycles. The molecule has 0 fully saturated rings. The first-order valence-electron chi connectivity index (χ1n) is 8.49. The first-order valence-corrected chi connectivity index (χ1v) is 10.3. The van der Waals surface area contributed by atoms with Crippen LogP contribution in [0.15, 0.2) is 65.3 Å².